The number of fused-ring (bicyclic) bond motifs is 1. The van der Waals surface area contributed by atoms with Crippen LogP contribution in [0.4, 0.5) is 0 Å². The molecule has 0 saturated carbocycles. The van der Waals surface area contributed by atoms with Crippen LogP contribution in [0.1, 0.15) is 6.92 Å². The van der Waals surface area contributed by atoms with Gasteiger partial charge in [-0.2, -0.15) is 0 Å². The maximum Gasteiger partial charge on any atom is 0.213 e. The second-order valence-electron chi connectivity index (χ2n) is 3.99. The van der Waals surface area contributed by atoms with Crippen molar-refractivity contribution >= 4 is 21.6 Å². The molecule has 0 aliphatic carbocycles. The fraction of sp³-hybridized carbons (Fsp3) is 0.143. The van der Waals surface area contributed by atoms with E-state index in [9.17, 15) is 5.11 Å². The average Bonchev–Trinajstić information content (AvgIpc) is 2.83. The van der Waals surface area contributed by atoms with Crippen LogP contribution in [-0.4, -0.2) is 21.7 Å². The van der Waals surface area contributed by atoms with Gasteiger partial charge in [-0.05, 0) is 31.2 Å². The van der Waals surface area contributed by atoms with Crippen molar-refractivity contribution in [2.75, 3.05) is 6.61 Å². The van der Waals surface area contributed by atoms with Crippen molar-refractivity contribution in [3.8, 4) is 22.2 Å². The monoisotopic (exact) mass is 272 g/mol. The Balaban J connectivity index is 1.99. The summed E-state index contributed by atoms with van der Waals surface area (Å²) in [5.41, 5.74) is 1.83. The molecule has 0 spiro atoms. The largest absolute Gasteiger partial charge is 0.508 e. The first-order valence-electron chi connectivity index (χ1n) is 5.95. The lowest BCUT2D eigenvalue weighted by atomic mass is 10.3. The van der Waals surface area contributed by atoms with Gasteiger partial charge in [-0.15, -0.1) is 11.3 Å². The van der Waals surface area contributed by atoms with Crippen LogP contribution in [0.5, 0.6) is 11.6 Å². The van der Waals surface area contributed by atoms with Crippen molar-refractivity contribution < 1.29 is 9.84 Å². The summed E-state index contributed by atoms with van der Waals surface area (Å²) in [6.07, 6.45) is 1.75. The molecular weight excluding hydrogens is 260 g/mol. The number of benzene rings is 1. The van der Waals surface area contributed by atoms with E-state index in [1.807, 2.05) is 25.1 Å². The predicted molar refractivity (Wildman–Crippen MR) is 75.7 cm³/mol. The average molecular weight is 272 g/mol. The molecular formula is C14H12N2O2S. The fourth-order valence-corrected chi connectivity index (χ4v) is 2.77. The zero-order chi connectivity index (χ0) is 13.2. The number of hydrogen-bond donors (Lipinski definition) is 1. The van der Waals surface area contributed by atoms with Crippen molar-refractivity contribution in [2.24, 2.45) is 0 Å². The normalized spacial score (nSPS) is 10.8. The number of phenols is 1. The molecule has 4 nitrogen and oxygen atoms in total. The van der Waals surface area contributed by atoms with Gasteiger partial charge in [0.2, 0.25) is 5.88 Å². The van der Waals surface area contributed by atoms with Gasteiger partial charge in [-0.25, -0.2) is 9.97 Å². The van der Waals surface area contributed by atoms with Crippen LogP contribution >= 0.6 is 11.3 Å². The predicted octanol–water partition coefficient (Wildman–Crippen LogP) is 3.46. The topological polar surface area (TPSA) is 55.2 Å². The number of hydrogen-bond acceptors (Lipinski definition) is 5. The summed E-state index contributed by atoms with van der Waals surface area (Å²) in [4.78, 5) is 8.75. The van der Waals surface area contributed by atoms with Crippen LogP contribution in [-0.2, 0) is 0 Å². The highest BCUT2D eigenvalue weighted by Gasteiger charge is 2.07. The summed E-state index contributed by atoms with van der Waals surface area (Å²) >= 11 is 1.53. The van der Waals surface area contributed by atoms with E-state index in [2.05, 4.69) is 9.97 Å². The first-order chi connectivity index (χ1) is 9.26. The van der Waals surface area contributed by atoms with Gasteiger partial charge in [-0.1, -0.05) is 0 Å². The van der Waals surface area contributed by atoms with Gasteiger partial charge in [-0.3, -0.25) is 0 Å². The van der Waals surface area contributed by atoms with E-state index in [0.717, 1.165) is 20.8 Å². The van der Waals surface area contributed by atoms with E-state index in [0.29, 0.717) is 12.5 Å². The molecule has 0 bridgehead atoms. The molecule has 1 aromatic carbocycles. The fourth-order valence-electron chi connectivity index (χ4n) is 1.78. The van der Waals surface area contributed by atoms with Crippen LogP contribution in [0.3, 0.4) is 0 Å². The number of phenolic OH excluding ortho intramolecular Hbond substituents is 1. The summed E-state index contributed by atoms with van der Waals surface area (Å²) in [6.45, 7) is 2.53. The van der Waals surface area contributed by atoms with Gasteiger partial charge in [0.1, 0.15) is 10.8 Å². The minimum absolute atomic E-state index is 0.257. The van der Waals surface area contributed by atoms with Crippen molar-refractivity contribution in [2.45, 2.75) is 6.92 Å². The highest BCUT2D eigenvalue weighted by atomic mass is 32.1. The van der Waals surface area contributed by atoms with E-state index in [1.165, 1.54) is 11.3 Å². The molecule has 5 heteroatoms. The van der Waals surface area contributed by atoms with Crippen LogP contribution < -0.4 is 4.74 Å². The number of nitrogens with zero attached hydrogens (tertiary/aromatic N) is 2. The molecule has 3 aromatic rings. The zero-order valence-corrected chi connectivity index (χ0v) is 11.1. The van der Waals surface area contributed by atoms with Gasteiger partial charge in [0.15, 0.2) is 0 Å². The molecule has 19 heavy (non-hydrogen) atoms. The lowest BCUT2D eigenvalue weighted by Gasteiger charge is -2.01. The molecule has 0 atom stereocenters. The summed E-state index contributed by atoms with van der Waals surface area (Å²) in [5.74, 6) is 0.873. The third kappa shape index (κ3) is 2.37. The second-order valence-corrected chi connectivity index (χ2v) is 5.02. The molecule has 2 aromatic heterocycles. The molecule has 0 amide bonds. The minimum atomic E-state index is 0.257. The smallest absolute Gasteiger partial charge is 0.213 e. The highest BCUT2D eigenvalue weighted by Crippen LogP contribution is 2.32. The third-order valence-electron chi connectivity index (χ3n) is 2.65. The molecule has 3 rings (SSSR count). The molecule has 2 heterocycles. The molecule has 1 N–H and O–H groups in total. The van der Waals surface area contributed by atoms with E-state index in [1.54, 1.807) is 18.3 Å². The van der Waals surface area contributed by atoms with E-state index >= 15 is 0 Å². The van der Waals surface area contributed by atoms with Gasteiger partial charge in [0.25, 0.3) is 0 Å². The first-order valence-corrected chi connectivity index (χ1v) is 6.76. The number of pyridine rings is 1. The van der Waals surface area contributed by atoms with Gasteiger partial charge < -0.3 is 9.84 Å². The Bertz CT molecular complexity index is 707. The summed E-state index contributed by atoms with van der Waals surface area (Å²) in [6, 6.07) is 8.95. The Kier molecular flexibility index (Phi) is 3.05. The molecule has 96 valence electrons. The molecule has 0 fully saturated rings. The van der Waals surface area contributed by atoms with E-state index < -0.39 is 0 Å². The highest BCUT2D eigenvalue weighted by molar-refractivity contribution is 7.21. The van der Waals surface area contributed by atoms with Crippen molar-refractivity contribution in [1.29, 1.82) is 0 Å². The number of aromatic nitrogens is 2. The lowest BCUT2D eigenvalue weighted by molar-refractivity contribution is 0.327. The Labute approximate surface area is 114 Å². The number of ether oxygens (including phenoxy) is 1. The maximum atomic E-state index is 9.46. The van der Waals surface area contributed by atoms with E-state index in [4.69, 9.17) is 4.74 Å². The molecule has 0 saturated heterocycles. The SMILES string of the molecule is CCOc1ccc(-c2nc3ccc(O)cc3s2)cn1. The van der Waals surface area contributed by atoms with Crippen LogP contribution in [0.15, 0.2) is 36.5 Å². The third-order valence-corrected chi connectivity index (χ3v) is 3.71. The van der Waals surface area contributed by atoms with Gasteiger partial charge in [0.05, 0.1) is 16.8 Å². The standard InChI is InChI=1S/C14H12N2O2S/c1-2-18-13-6-3-9(8-15-13)14-16-11-5-4-10(17)7-12(11)19-14/h3-8,17H,2H2,1H3. The lowest BCUT2D eigenvalue weighted by Crippen LogP contribution is -1.93. The van der Waals surface area contributed by atoms with Gasteiger partial charge in [0, 0.05) is 17.8 Å². The maximum absolute atomic E-state index is 9.46. The Morgan fingerprint density at radius 1 is 1.26 bits per heavy atom. The van der Waals surface area contributed by atoms with Crippen molar-refractivity contribution in [1.82, 2.24) is 9.97 Å². The first kappa shape index (κ1) is 11.9. The Hall–Kier alpha value is -2.14. The minimum Gasteiger partial charge on any atom is -0.508 e. The van der Waals surface area contributed by atoms with Gasteiger partial charge >= 0.3 is 0 Å². The molecule has 0 aliphatic heterocycles. The van der Waals surface area contributed by atoms with Crippen LogP contribution in [0.2, 0.25) is 0 Å². The summed E-state index contributed by atoms with van der Waals surface area (Å²) in [7, 11) is 0. The van der Waals surface area contributed by atoms with Crippen LogP contribution in [0.25, 0.3) is 20.8 Å². The second kappa shape index (κ2) is 4.85. The zero-order valence-electron chi connectivity index (χ0n) is 10.3. The van der Waals surface area contributed by atoms with Crippen molar-refractivity contribution in [3.05, 3.63) is 36.5 Å². The number of rotatable bonds is 3. The number of thiazole rings is 1. The van der Waals surface area contributed by atoms with Crippen molar-refractivity contribution in [3.63, 3.8) is 0 Å². The Morgan fingerprint density at radius 3 is 2.89 bits per heavy atom. The summed E-state index contributed by atoms with van der Waals surface area (Å²) in [5, 5.41) is 10.3. The summed E-state index contributed by atoms with van der Waals surface area (Å²) < 4.78 is 6.27. The van der Waals surface area contributed by atoms with Crippen LogP contribution in [0, 0.1) is 0 Å². The molecule has 0 radical (unpaired) electrons. The molecule has 0 aliphatic rings. The molecule has 0 unspecified atom stereocenters. The Morgan fingerprint density at radius 2 is 2.16 bits per heavy atom. The quantitative estimate of drug-likeness (QED) is 0.793. The van der Waals surface area contributed by atoms with E-state index in [-0.39, 0.29) is 5.75 Å². The number of aromatic hydroxyl groups is 1.